The summed E-state index contributed by atoms with van der Waals surface area (Å²) in [6.45, 7) is 4.56. The summed E-state index contributed by atoms with van der Waals surface area (Å²) in [6.07, 6.45) is 5.54. The predicted octanol–water partition coefficient (Wildman–Crippen LogP) is 2.43. The summed E-state index contributed by atoms with van der Waals surface area (Å²) >= 11 is 0. The van der Waals surface area contributed by atoms with Crippen LogP contribution in [0.3, 0.4) is 0 Å². The van der Waals surface area contributed by atoms with Crippen molar-refractivity contribution in [2.24, 2.45) is 23.5 Å². The molecule has 4 rings (SSSR count). The first kappa shape index (κ1) is 18.5. The maximum atomic E-state index is 13.1. The van der Waals surface area contributed by atoms with Crippen LogP contribution in [-0.4, -0.2) is 53.8 Å². The maximum Gasteiger partial charge on any atom is 0.253 e. The minimum atomic E-state index is 0.0697. The number of benzene rings is 1. The number of carbonyl (C=O) groups excluding carboxylic acids is 2. The Morgan fingerprint density at radius 1 is 0.926 bits per heavy atom. The Labute approximate surface area is 161 Å². The zero-order chi connectivity index (χ0) is 19.0. The molecule has 2 bridgehead atoms. The lowest BCUT2D eigenvalue weighted by molar-refractivity contribution is -0.140. The monoisotopic (exact) mass is 369 g/mol. The van der Waals surface area contributed by atoms with Gasteiger partial charge in [-0.1, -0.05) is 24.1 Å². The molecule has 1 saturated heterocycles. The van der Waals surface area contributed by atoms with Crippen LogP contribution in [-0.2, 0) is 4.79 Å². The minimum absolute atomic E-state index is 0.0697. The standard InChI is InChI=1S/C22H31N3O2/c1-15-5-7-16(8-6-15)21(26)24-9-11-25(12-10-24)22(27)19-13-17-3-2-4-18(14-19)20(17)23/h5-8,17-20H,2-4,9-14,23H2,1H3. The molecule has 1 aromatic carbocycles. The Hall–Kier alpha value is -1.88. The number of nitrogens with zero attached hydrogens (tertiary/aromatic N) is 2. The smallest absolute Gasteiger partial charge is 0.253 e. The number of hydrogen-bond donors (Lipinski definition) is 1. The van der Waals surface area contributed by atoms with Crippen LogP contribution in [0.25, 0.3) is 0 Å². The van der Waals surface area contributed by atoms with Crippen molar-refractivity contribution in [1.29, 1.82) is 0 Å². The fourth-order valence-electron chi connectivity index (χ4n) is 5.26. The van der Waals surface area contributed by atoms with Crippen molar-refractivity contribution >= 4 is 11.8 Å². The quantitative estimate of drug-likeness (QED) is 0.871. The molecule has 1 heterocycles. The number of piperazine rings is 1. The van der Waals surface area contributed by atoms with Gasteiger partial charge in [0.2, 0.25) is 5.91 Å². The van der Waals surface area contributed by atoms with Crippen LogP contribution in [0.5, 0.6) is 0 Å². The SMILES string of the molecule is Cc1ccc(C(=O)N2CCN(C(=O)C3CC4CCCC(C3)C4N)CC2)cc1. The molecule has 146 valence electrons. The third kappa shape index (κ3) is 3.75. The van der Waals surface area contributed by atoms with Gasteiger partial charge in [0.1, 0.15) is 0 Å². The minimum Gasteiger partial charge on any atom is -0.339 e. The van der Waals surface area contributed by atoms with E-state index in [2.05, 4.69) is 0 Å². The Kier molecular flexibility index (Phi) is 5.22. The van der Waals surface area contributed by atoms with E-state index in [4.69, 9.17) is 5.73 Å². The number of hydrogen-bond acceptors (Lipinski definition) is 3. The summed E-state index contributed by atoms with van der Waals surface area (Å²) in [5.74, 6) is 1.55. The summed E-state index contributed by atoms with van der Waals surface area (Å²) in [4.78, 5) is 29.6. The average molecular weight is 370 g/mol. The molecule has 3 fully saturated rings. The Morgan fingerprint density at radius 2 is 1.48 bits per heavy atom. The normalized spacial score (nSPS) is 30.9. The molecule has 0 radical (unpaired) electrons. The number of nitrogens with two attached hydrogens (primary N) is 1. The van der Waals surface area contributed by atoms with Gasteiger partial charge in [0.15, 0.2) is 0 Å². The first-order valence-corrected chi connectivity index (χ1v) is 10.4. The molecule has 2 amide bonds. The van der Waals surface area contributed by atoms with E-state index in [1.54, 1.807) is 0 Å². The van der Waals surface area contributed by atoms with Gasteiger partial charge in [0.05, 0.1) is 0 Å². The second kappa shape index (κ2) is 7.63. The summed E-state index contributed by atoms with van der Waals surface area (Å²) in [7, 11) is 0. The second-order valence-corrected chi connectivity index (χ2v) is 8.68. The molecule has 3 aliphatic rings. The number of fused-ring (bicyclic) bond motifs is 2. The molecule has 2 saturated carbocycles. The molecule has 5 nitrogen and oxygen atoms in total. The number of aryl methyl sites for hydroxylation is 1. The fourth-order valence-corrected chi connectivity index (χ4v) is 5.26. The zero-order valence-electron chi connectivity index (χ0n) is 16.3. The summed E-state index contributed by atoms with van der Waals surface area (Å²) in [6, 6.07) is 8.01. The van der Waals surface area contributed by atoms with Crippen molar-refractivity contribution in [3.8, 4) is 0 Å². The predicted molar refractivity (Wildman–Crippen MR) is 105 cm³/mol. The van der Waals surface area contributed by atoms with E-state index in [0.29, 0.717) is 50.0 Å². The summed E-state index contributed by atoms with van der Waals surface area (Å²) < 4.78 is 0. The van der Waals surface area contributed by atoms with Crippen LogP contribution < -0.4 is 5.73 Å². The first-order chi connectivity index (χ1) is 13.0. The van der Waals surface area contributed by atoms with Crippen molar-refractivity contribution in [2.75, 3.05) is 26.2 Å². The highest BCUT2D eigenvalue weighted by atomic mass is 16.2. The largest absolute Gasteiger partial charge is 0.339 e. The van der Waals surface area contributed by atoms with Gasteiger partial charge in [-0.05, 0) is 56.6 Å². The lowest BCUT2D eigenvalue weighted by Gasteiger charge is -2.45. The lowest BCUT2D eigenvalue weighted by Crippen LogP contribution is -2.54. The molecule has 0 aromatic heterocycles. The molecule has 2 atom stereocenters. The van der Waals surface area contributed by atoms with Crippen LogP contribution in [0.2, 0.25) is 0 Å². The van der Waals surface area contributed by atoms with Crippen LogP contribution in [0, 0.1) is 24.7 Å². The Bertz CT molecular complexity index is 680. The van der Waals surface area contributed by atoms with E-state index in [1.807, 2.05) is 41.0 Å². The molecule has 0 spiro atoms. The molecule has 5 heteroatoms. The lowest BCUT2D eigenvalue weighted by atomic mass is 9.65. The third-order valence-corrected chi connectivity index (χ3v) is 6.94. The Balaban J connectivity index is 1.33. The van der Waals surface area contributed by atoms with E-state index >= 15 is 0 Å². The van der Waals surface area contributed by atoms with Gasteiger partial charge in [0, 0.05) is 43.7 Å². The van der Waals surface area contributed by atoms with Gasteiger partial charge in [-0.2, -0.15) is 0 Å². The number of rotatable bonds is 2. The van der Waals surface area contributed by atoms with Crippen molar-refractivity contribution in [3.05, 3.63) is 35.4 Å². The van der Waals surface area contributed by atoms with Crippen molar-refractivity contribution < 1.29 is 9.59 Å². The molecule has 2 aliphatic carbocycles. The van der Waals surface area contributed by atoms with Gasteiger partial charge < -0.3 is 15.5 Å². The van der Waals surface area contributed by atoms with Crippen LogP contribution in [0.15, 0.2) is 24.3 Å². The van der Waals surface area contributed by atoms with E-state index in [9.17, 15) is 9.59 Å². The Morgan fingerprint density at radius 3 is 2.07 bits per heavy atom. The van der Waals surface area contributed by atoms with E-state index < -0.39 is 0 Å². The molecule has 2 unspecified atom stereocenters. The topological polar surface area (TPSA) is 66.6 Å². The summed E-state index contributed by atoms with van der Waals surface area (Å²) in [5, 5.41) is 0. The van der Waals surface area contributed by atoms with Crippen LogP contribution in [0.1, 0.15) is 48.0 Å². The number of amides is 2. The molecule has 2 N–H and O–H groups in total. The van der Waals surface area contributed by atoms with Crippen molar-refractivity contribution in [3.63, 3.8) is 0 Å². The third-order valence-electron chi connectivity index (χ3n) is 6.94. The molecule has 27 heavy (non-hydrogen) atoms. The van der Waals surface area contributed by atoms with E-state index in [-0.39, 0.29) is 11.8 Å². The highest BCUT2D eigenvalue weighted by molar-refractivity contribution is 5.94. The van der Waals surface area contributed by atoms with Gasteiger partial charge in [-0.25, -0.2) is 0 Å². The molecular formula is C22H31N3O2. The van der Waals surface area contributed by atoms with Gasteiger partial charge >= 0.3 is 0 Å². The average Bonchev–Trinajstić information content (AvgIpc) is 2.67. The maximum absolute atomic E-state index is 13.1. The fraction of sp³-hybridized carbons (Fsp3) is 0.636. The van der Waals surface area contributed by atoms with Crippen molar-refractivity contribution in [2.45, 2.75) is 45.1 Å². The second-order valence-electron chi connectivity index (χ2n) is 8.68. The molecular weight excluding hydrogens is 338 g/mol. The molecule has 1 aromatic rings. The van der Waals surface area contributed by atoms with Gasteiger partial charge in [-0.15, -0.1) is 0 Å². The highest BCUT2D eigenvalue weighted by Gasteiger charge is 2.42. The van der Waals surface area contributed by atoms with E-state index in [1.165, 1.54) is 19.3 Å². The zero-order valence-corrected chi connectivity index (χ0v) is 16.3. The van der Waals surface area contributed by atoms with Crippen LogP contribution in [0.4, 0.5) is 0 Å². The molecule has 1 aliphatic heterocycles. The van der Waals surface area contributed by atoms with Crippen LogP contribution >= 0.6 is 0 Å². The highest BCUT2D eigenvalue weighted by Crippen LogP contribution is 2.42. The van der Waals surface area contributed by atoms with Crippen molar-refractivity contribution in [1.82, 2.24) is 9.80 Å². The summed E-state index contributed by atoms with van der Waals surface area (Å²) in [5.41, 5.74) is 8.25. The van der Waals surface area contributed by atoms with E-state index in [0.717, 1.165) is 24.0 Å². The number of carbonyl (C=O) groups is 2. The van der Waals surface area contributed by atoms with Gasteiger partial charge in [0.25, 0.3) is 5.91 Å². The van der Waals surface area contributed by atoms with Gasteiger partial charge in [-0.3, -0.25) is 9.59 Å². The first-order valence-electron chi connectivity index (χ1n) is 10.4.